The molecule has 2 aromatic rings. The number of hydrogen-bond donors (Lipinski definition) is 0. The second-order valence-corrected chi connectivity index (χ2v) is 7.84. The van der Waals surface area contributed by atoms with E-state index in [-0.39, 0.29) is 6.10 Å². The number of nitrogens with zero attached hydrogens (tertiary/aromatic N) is 3. The van der Waals surface area contributed by atoms with E-state index in [2.05, 4.69) is 9.84 Å². The van der Waals surface area contributed by atoms with Gasteiger partial charge in [-0.25, -0.2) is 4.85 Å². The van der Waals surface area contributed by atoms with Crippen molar-refractivity contribution in [2.45, 2.75) is 37.4 Å². The molecule has 0 amide bonds. The van der Waals surface area contributed by atoms with E-state index in [1.165, 1.54) is 6.42 Å². The van der Waals surface area contributed by atoms with Gasteiger partial charge in [-0.15, -0.1) is 0 Å². The van der Waals surface area contributed by atoms with Crippen molar-refractivity contribution in [1.82, 2.24) is 0 Å². The SMILES string of the molecule is [C-]#[N+]c1cccc(-c2ccc3c(c2)C(=NC#N)CC2(CC4CCC2OC4)O3)c1. The zero-order chi connectivity index (χ0) is 19.1. The molecule has 2 saturated heterocycles. The quantitative estimate of drug-likeness (QED) is 0.531. The minimum Gasteiger partial charge on any atom is -0.483 e. The molecule has 0 N–H and O–H groups in total. The van der Waals surface area contributed by atoms with Gasteiger partial charge in [0.25, 0.3) is 0 Å². The summed E-state index contributed by atoms with van der Waals surface area (Å²) < 4.78 is 12.6. The van der Waals surface area contributed by atoms with E-state index in [0.29, 0.717) is 18.0 Å². The standard InChI is InChI=1S/C23H19N3O2/c1-25-18-4-2-3-16(9-18)17-6-7-21-19(10-17)20(26-14-24)12-23(28-21)11-15-5-8-22(23)27-13-15/h2-4,6-7,9-10,15,22H,5,8,11-13H2. The van der Waals surface area contributed by atoms with Crippen LogP contribution in [0.3, 0.4) is 0 Å². The van der Waals surface area contributed by atoms with E-state index in [0.717, 1.165) is 47.6 Å². The van der Waals surface area contributed by atoms with Crippen LogP contribution >= 0.6 is 0 Å². The van der Waals surface area contributed by atoms with Gasteiger partial charge in [0.1, 0.15) is 11.4 Å². The van der Waals surface area contributed by atoms with E-state index in [4.69, 9.17) is 16.0 Å². The summed E-state index contributed by atoms with van der Waals surface area (Å²) in [7, 11) is 0. The average Bonchev–Trinajstić information content (AvgIpc) is 2.74. The number of ether oxygens (including phenoxy) is 2. The van der Waals surface area contributed by atoms with Crippen molar-refractivity contribution in [1.29, 1.82) is 5.26 Å². The van der Waals surface area contributed by atoms with Crippen LogP contribution in [0.5, 0.6) is 5.75 Å². The van der Waals surface area contributed by atoms with E-state index in [9.17, 15) is 5.26 Å². The molecule has 5 nitrogen and oxygen atoms in total. The van der Waals surface area contributed by atoms with Crippen molar-refractivity contribution in [2.75, 3.05) is 6.61 Å². The summed E-state index contributed by atoms with van der Waals surface area (Å²) in [5.41, 5.74) is 3.77. The highest BCUT2D eigenvalue weighted by Crippen LogP contribution is 2.48. The Kier molecular flexibility index (Phi) is 3.93. The Balaban J connectivity index is 1.57. The first-order valence-corrected chi connectivity index (χ1v) is 9.59. The first-order valence-electron chi connectivity index (χ1n) is 9.59. The second kappa shape index (κ2) is 6.48. The van der Waals surface area contributed by atoms with Crippen LogP contribution in [0.4, 0.5) is 5.69 Å². The molecule has 2 bridgehead atoms. The highest BCUT2D eigenvalue weighted by atomic mass is 16.6. The monoisotopic (exact) mass is 369 g/mol. The summed E-state index contributed by atoms with van der Waals surface area (Å²) >= 11 is 0. The molecule has 3 heterocycles. The summed E-state index contributed by atoms with van der Waals surface area (Å²) in [5.74, 6) is 1.28. The molecule has 3 aliphatic heterocycles. The molecule has 138 valence electrons. The molecule has 6 rings (SSSR count). The van der Waals surface area contributed by atoms with Crippen molar-refractivity contribution in [3.05, 3.63) is 59.4 Å². The Morgan fingerprint density at radius 1 is 1.18 bits per heavy atom. The van der Waals surface area contributed by atoms with Crippen LogP contribution in [0.25, 0.3) is 16.0 Å². The lowest BCUT2D eigenvalue weighted by molar-refractivity contribution is -0.180. The molecule has 4 aliphatic rings. The van der Waals surface area contributed by atoms with Gasteiger partial charge in [-0.3, -0.25) is 0 Å². The van der Waals surface area contributed by atoms with E-state index in [1.807, 2.05) is 42.6 Å². The lowest BCUT2D eigenvalue weighted by atomic mass is 9.69. The van der Waals surface area contributed by atoms with Gasteiger partial charge in [-0.05, 0) is 54.5 Å². The fraction of sp³-hybridized carbons (Fsp3) is 0.348. The topological polar surface area (TPSA) is 59.0 Å². The number of benzene rings is 2. The minimum atomic E-state index is -0.407. The normalized spacial score (nSPS) is 29.0. The van der Waals surface area contributed by atoms with Crippen molar-refractivity contribution in [3.63, 3.8) is 0 Å². The molecule has 5 heteroatoms. The van der Waals surface area contributed by atoms with Gasteiger partial charge >= 0.3 is 0 Å². The van der Waals surface area contributed by atoms with Crippen LogP contribution in [0.1, 0.15) is 31.2 Å². The Morgan fingerprint density at radius 2 is 2.07 bits per heavy atom. The van der Waals surface area contributed by atoms with Crippen LogP contribution in [0.2, 0.25) is 0 Å². The molecule has 3 fully saturated rings. The predicted molar refractivity (Wildman–Crippen MR) is 105 cm³/mol. The highest BCUT2D eigenvalue weighted by molar-refractivity contribution is 6.06. The lowest BCUT2D eigenvalue weighted by Gasteiger charge is -2.52. The average molecular weight is 369 g/mol. The van der Waals surface area contributed by atoms with Gasteiger partial charge in [0.15, 0.2) is 5.69 Å². The van der Waals surface area contributed by atoms with Crippen LogP contribution in [0, 0.1) is 23.9 Å². The molecule has 28 heavy (non-hydrogen) atoms. The van der Waals surface area contributed by atoms with Crippen LogP contribution in [-0.4, -0.2) is 24.0 Å². The molecular weight excluding hydrogens is 350 g/mol. The Bertz CT molecular complexity index is 1050. The Labute approximate surface area is 164 Å². The van der Waals surface area contributed by atoms with Crippen molar-refractivity contribution < 1.29 is 9.47 Å². The maximum absolute atomic E-state index is 9.27. The van der Waals surface area contributed by atoms with Crippen LogP contribution in [0.15, 0.2) is 47.5 Å². The molecule has 0 radical (unpaired) electrons. The first-order chi connectivity index (χ1) is 13.7. The van der Waals surface area contributed by atoms with E-state index < -0.39 is 5.60 Å². The van der Waals surface area contributed by atoms with Crippen molar-refractivity contribution in [3.8, 4) is 23.1 Å². The molecule has 1 saturated carbocycles. The lowest BCUT2D eigenvalue weighted by Crippen LogP contribution is -2.60. The molecule has 3 atom stereocenters. The van der Waals surface area contributed by atoms with Gasteiger partial charge in [0.05, 0.1) is 25.0 Å². The number of rotatable bonds is 1. The zero-order valence-corrected chi connectivity index (χ0v) is 15.4. The largest absolute Gasteiger partial charge is 0.483 e. The van der Waals surface area contributed by atoms with Crippen LogP contribution in [-0.2, 0) is 4.74 Å². The number of nitriles is 1. The number of fused-ring (bicyclic) bond motifs is 3. The third-order valence-corrected chi connectivity index (χ3v) is 6.16. The smallest absolute Gasteiger partial charge is 0.205 e. The molecular formula is C23H19N3O2. The summed E-state index contributed by atoms with van der Waals surface area (Å²) in [5, 5.41) is 9.27. The second-order valence-electron chi connectivity index (χ2n) is 7.84. The fourth-order valence-corrected chi connectivity index (χ4v) is 4.87. The Hall–Kier alpha value is -3.15. The van der Waals surface area contributed by atoms with Crippen LogP contribution < -0.4 is 4.74 Å². The summed E-state index contributed by atoms with van der Waals surface area (Å²) in [6.45, 7) is 8.04. The zero-order valence-electron chi connectivity index (χ0n) is 15.4. The predicted octanol–water partition coefficient (Wildman–Crippen LogP) is 4.89. The maximum atomic E-state index is 9.27. The summed E-state index contributed by atoms with van der Waals surface area (Å²) in [6.07, 6.45) is 5.77. The summed E-state index contributed by atoms with van der Waals surface area (Å²) in [4.78, 5) is 7.68. The number of hydrogen-bond acceptors (Lipinski definition) is 4. The Morgan fingerprint density at radius 3 is 2.79 bits per heavy atom. The van der Waals surface area contributed by atoms with Gasteiger partial charge in [0, 0.05) is 12.0 Å². The third-order valence-electron chi connectivity index (χ3n) is 6.16. The molecule has 0 aromatic heterocycles. The van der Waals surface area contributed by atoms with E-state index >= 15 is 0 Å². The van der Waals surface area contributed by atoms with Crippen molar-refractivity contribution in [2.24, 2.45) is 10.9 Å². The summed E-state index contributed by atoms with van der Waals surface area (Å²) in [6, 6.07) is 13.5. The molecule has 1 aliphatic carbocycles. The van der Waals surface area contributed by atoms with Gasteiger partial charge in [-0.1, -0.05) is 24.3 Å². The van der Waals surface area contributed by atoms with Gasteiger partial charge < -0.3 is 9.47 Å². The van der Waals surface area contributed by atoms with E-state index in [1.54, 1.807) is 6.07 Å². The van der Waals surface area contributed by atoms with Crippen molar-refractivity contribution >= 4 is 11.4 Å². The minimum absolute atomic E-state index is 0.0598. The first kappa shape index (κ1) is 17.0. The fourth-order valence-electron chi connectivity index (χ4n) is 4.87. The number of aliphatic imine (C=N–C) groups is 1. The maximum Gasteiger partial charge on any atom is 0.205 e. The molecule has 2 aromatic carbocycles. The molecule has 1 spiro atoms. The third kappa shape index (κ3) is 2.68. The van der Waals surface area contributed by atoms with Gasteiger partial charge in [0.2, 0.25) is 6.19 Å². The molecule has 3 unspecified atom stereocenters. The highest BCUT2D eigenvalue weighted by Gasteiger charge is 2.53. The van der Waals surface area contributed by atoms with Gasteiger partial charge in [-0.2, -0.15) is 10.3 Å².